The van der Waals surface area contributed by atoms with Gasteiger partial charge in [0.2, 0.25) is 0 Å². The fourth-order valence-corrected chi connectivity index (χ4v) is 2.72. The summed E-state index contributed by atoms with van der Waals surface area (Å²) in [7, 11) is 2.23. The van der Waals surface area contributed by atoms with E-state index in [1.165, 1.54) is 45.7 Å². The molecule has 17 heavy (non-hydrogen) atoms. The average Bonchev–Trinajstić information content (AvgIpc) is 2.82. The van der Waals surface area contributed by atoms with Crippen LogP contribution in [-0.4, -0.2) is 73.1 Å². The highest BCUT2D eigenvalue weighted by atomic mass is 15.3. The van der Waals surface area contributed by atoms with Crippen molar-refractivity contribution < 1.29 is 0 Å². The zero-order valence-electron chi connectivity index (χ0n) is 12.4. The molecular weight excluding hydrogens is 210 g/mol. The van der Waals surface area contributed by atoms with E-state index in [0.29, 0.717) is 0 Å². The van der Waals surface area contributed by atoms with Crippen LogP contribution in [0.4, 0.5) is 0 Å². The topological polar surface area (TPSA) is 9.72 Å². The molecule has 1 unspecified atom stereocenters. The third kappa shape index (κ3) is 4.23. The van der Waals surface area contributed by atoms with Gasteiger partial charge < -0.3 is 4.90 Å². The van der Waals surface area contributed by atoms with E-state index in [-0.39, 0.29) is 0 Å². The Bertz CT molecular complexity index is 198. The normalized spacial score (nSPS) is 28.2. The van der Waals surface area contributed by atoms with Crippen LogP contribution in [0.5, 0.6) is 0 Å². The van der Waals surface area contributed by atoms with Gasteiger partial charge in [-0.15, -0.1) is 0 Å². The van der Waals surface area contributed by atoms with Crippen molar-refractivity contribution in [1.82, 2.24) is 14.7 Å². The highest BCUT2D eigenvalue weighted by molar-refractivity contribution is 4.86. The van der Waals surface area contributed by atoms with Gasteiger partial charge in [0.05, 0.1) is 0 Å². The van der Waals surface area contributed by atoms with Gasteiger partial charge in [-0.1, -0.05) is 13.8 Å². The Morgan fingerprint density at radius 1 is 0.941 bits per heavy atom. The van der Waals surface area contributed by atoms with E-state index in [1.807, 2.05) is 13.8 Å². The molecule has 0 spiro atoms. The first-order chi connectivity index (χ1) is 8.16. The Morgan fingerprint density at radius 2 is 1.53 bits per heavy atom. The van der Waals surface area contributed by atoms with Crippen molar-refractivity contribution in [3.63, 3.8) is 0 Å². The Labute approximate surface area is 108 Å². The molecule has 2 fully saturated rings. The van der Waals surface area contributed by atoms with Gasteiger partial charge in [-0.3, -0.25) is 9.80 Å². The lowest BCUT2D eigenvalue weighted by molar-refractivity contribution is 0.110. The molecular formula is C14H31N3. The Morgan fingerprint density at radius 3 is 2.00 bits per heavy atom. The third-order valence-corrected chi connectivity index (χ3v) is 3.98. The molecule has 0 aliphatic carbocycles. The zero-order valence-corrected chi connectivity index (χ0v) is 12.4. The molecule has 0 aromatic carbocycles. The lowest BCUT2D eigenvalue weighted by atomic mass is 10.2. The minimum atomic E-state index is 0.725. The lowest BCUT2D eigenvalue weighted by Gasteiger charge is -2.36. The second kappa shape index (κ2) is 7.34. The molecule has 2 aliphatic rings. The molecule has 0 radical (unpaired) electrons. The number of hydrogen-bond acceptors (Lipinski definition) is 3. The van der Waals surface area contributed by atoms with E-state index in [0.717, 1.165) is 12.1 Å². The maximum absolute atomic E-state index is 2.70. The van der Waals surface area contributed by atoms with Gasteiger partial charge in [0.25, 0.3) is 0 Å². The summed E-state index contributed by atoms with van der Waals surface area (Å²) in [5.41, 5.74) is 0. The largest absolute Gasteiger partial charge is 0.304 e. The first kappa shape index (κ1) is 14.9. The maximum atomic E-state index is 2.70. The molecule has 102 valence electrons. The summed E-state index contributed by atoms with van der Waals surface area (Å²) < 4.78 is 0. The van der Waals surface area contributed by atoms with Crippen molar-refractivity contribution in [2.24, 2.45) is 0 Å². The van der Waals surface area contributed by atoms with Crippen LogP contribution >= 0.6 is 0 Å². The van der Waals surface area contributed by atoms with E-state index in [1.54, 1.807) is 0 Å². The summed E-state index contributed by atoms with van der Waals surface area (Å²) in [6, 6.07) is 1.56. The van der Waals surface area contributed by atoms with Crippen molar-refractivity contribution in [2.75, 3.05) is 46.3 Å². The zero-order chi connectivity index (χ0) is 12.8. The third-order valence-electron chi connectivity index (χ3n) is 3.98. The highest BCUT2D eigenvalue weighted by Gasteiger charge is 2.29. The molecule has 0 N–H and O–H groups in total. The van der Waals surface area contributed by atoms with Gasteiger partial charge in [0.1, 0.15) is 0 Å². The predicted octanol–water partition coefficient (Wildman–Crippen LogP) is 1.74. The maximum Gasteiger partial charge on any atom is 0.0236 e. The van der Waals surface area contributed by atoms with Gasteiger partial charge in [0, 0.05) is 51.4 Å². The van der Waals surface area contributed by atoms with Crippen LogP contribution in [0.2, 0.25) is 0 Å². The molecule has 2 aliphatic heterocycles. The monoisotopic (exact) mass is 241 g/mol. The molecule has 2 rings (SSSR count). The van der Waals surface area contributed by atoms with E-state index in [9.17, 15) is 0 Å². The molecule has 0 aromatic rings. The van der Waals surface area contributed by atoms with Crippen LogP contribution in [0.25, 0.3) is 0 Å². The fourth-order valence-electron chi connectivity index (χ4n) is 2.72. The van der Waals surface area contributed by atoms with Crippen LogP contribution < -0.4 is 0 Å². The minimum absolute atomic E-state index is 0.725. The predicted molar refractivity (Wildman–Crippen MR) is 75.5 cm³/mol. The molecule has 0 aromatic heterocycles. The summed E-state index contributed by atoms with van der Waals surface area (Å²) in [5.74, 6) is 0. The van der Waals surface area contributed by atoms with Crippen LogP contribution in [0.15, 0.2) is 0 Å². The molecule has 0 saturated carbocycles. The Kier molecular flexibility index (Phi) is 6.45. The summed E-state index contributed by atoms with van der Waals surface area (Å²) in [6.45, 7) is 16.3. The molecule has 2 saturated heterocycles. The Hall–Kier alpha value is -0.120. The molecule has 1 atom stereocenters. The summed E-state index contributed by atoms with van der Waals surface area (Å²) in [4.78, 5) is 7.75. The van der Waals surface area contributed by atoms with E-state index < -0.39 is 0 Å². The van der Waals surface area contributed by atoms with E-state index >= 15 is 0 Å². The first-order valence-corrected chi connectivity index (χ1v) is 7.33. The number of likely N-dealkylation sites (N-methyl/N-ethyl adjacent to an activating group) is 1. The highest BCUT2D eigenvalue weighted by Crippen LogP contribution is 2.18. The summed E-state index contributed by atoms with van der Waals surface area (Å²) in [6.07, 6.45) is 1.38. The molecule has 3 heteroatoms. The van der Waals surface area contributed by atoms with Gasteiger partial charge in [0.15, 0.2) is 0 Å². The van der Waals surface area contributed by atoms with Gasteiger partial charge in [-0.05, 0) is 27.3 Å². The van der Waals surface area contributed by atoms with Crippen LogP contribution in [0.1, 0.15) is 34.1 Å². The second-order valence-corrected chi connectivity index (χ2v) is 5.37. The van der Waals surface area contributed by atoms with Gasteiger partial charge in [-0.25, -0.2) is 0 Å². The smallest absolute Gasteiger partial charge is 0.0236 e. The van der Waals surface area contributed by atoms with Gasteiger partial charge >= 0.3 is 0 Å². The molecule has 0 amide bonds. The minimum Gasteiger partial charge on any atom is -0.304 e. The quantitative estimate of drug-likeness (QED) is 0.729. The van der Waals surface area contributed by atoms with Crippen molar-refractivity contribution in [1.29, 1.82) is 0 Å². The molecule has 3 nitrogen and oxygen atoms in total. The lowest BCUT2D eigenvalue weighted by Crippen LogP contribution is -2.50. The van der Waals surface area contributed by atoms with E-state index in [2.05, 4.69) is 35.6 Å². The number of piperazine rings is 1. The second-order valence-electron chi connectivity index (χ2n) is 5.37. The van der Waals surface area contributed by atoms with Crippen molar-refractivity contribution in [2.45, 2.75) is 46.2 Å². The molecule has 2 heterocycles. The molecule has 0 bridgehead atoms. The Balaban J connectivity index is 0.000000686. The summed E-state index contributed by atoms with van der Waals surface area (Å²) >= 11 is 0. The fraction of sp³-hybridized carbons (Fsp3) is 1.00. The SMILES string of the molecule is CC.CC(C)N1CCC(N2CCN(C)CC2)C1. The van der Waals surface area contributed by atoms with Crippen LogP contribution in [0.3, 0.4) is 0 Å². The average molecular weight is 241 g/mol. The van der Waals surface area contributed by atoms with Crippen molar-refractivity contribution >= 4 is 0 Å². The number of likely N-dealkylation sites (tertiary alicyclic amines) is 1. The van der Waals surface area contributed by atoms with Crippen molar-refractivity contribution in [3.8, 4) is 0 Å². The van der Waals surface area contributed by atoms with Crippen LogP contribution in [-0.2, 0) is 0 Å². The number of hydrogen-bond donors (Lipinski definition) is 0. The van der Waals surface area contributed by atoms with Gasteiger partial charge in [-0.2, -0.15) is 0 Å². The van der Waals surface area contributed by atoms with E-state index in [4.69, 9.17) is 0 Å². The summed E-state index contributed by atoms with van der Waals surface area (Å²) in [5, 5.41) is 0. The standard InChI is InChI=1S/C12H25N3.C2H6/c1-11(2)15-5-4-12(10-15)14-8-6-13(3)7-9-14;1-2/h11-12H,4-10H2,1-3H3;1-2H3. The number of rotatable bonds is 2. The van der Waals surface area contributed by atoms with Crippen molar-refractivity contribution in [3.05, 3.63) is 0 Å². The number of nitrogens with zero attached hydrogens (tertiary/aromatic N) is 3. The van der Waals surface area contributed by atoms with Crippen LogP contribution in [0, 0.1) is 0 Å². The first-order valence-electron chi connectivity index (χ1n) is 7.33.